The number of rotatable bonds is 3. The van der Waals surface area contributed by atoms with Crippen LogP contribution in [0.3, 0.4) is 0 Å². The van der Waals surface area contributed by atoms with Gasteiger partial charge in [-0.05, 0) is 18.9 Å². The molecule has 6 heteroatoms. The first-order valence-electron chi connectivity index (χ1n) is 6.47. The fourth-order valence-corrected chi connectivity index (χ4v) is 2.67. The predicted molar refractivity (Wildman–Crippen MR) is 74.6 cm³/mol. The molecule has 5 nitrogen and oxygen atoms in total. The van der Waals surface area contributed by atoms with Gasteiger partial charge in [-0.3, -0.25) is 10.1 Å². The number of aliphatic hydroxyl groups excluding tert-OH is 1. The molecule has 1 aliphatic rings. The van der Waals surface area contributed by atoms with Crippen LogP contribution in [0.5, 0.6) is 0 Å². The third kappa shape index (κ3) is 3.36. The Balaban J connectivity index is 2.24. The lowest BCUT2D eigenvalue weighted by atomic mass is 10.1. The molecule has 0 aliphatic heterocycles. The maximum absolute atomic E-state index is 11.0. The number of aliphatic hydroxyl groups is 1. The lowest BCUT2D eigenvalue weighted by Gasteiger charge is -2.23. The van der Waals surface area contributed by atoms with Crippen LogP contribution in [-0.4, -0.2) is 22.2 Å². The summed E-state index contributed by atoms with van der Waals surface area (Å²) in [7, 11) is 0. The molecule has 1 saturated carbocycles. The molecule has 1 aliphatic carbocycles. The minimum Gasteiger partial charge on any atom is -0.391 e. The molecular formula is C13H17ClN2O3. The van der Waals surface area contributed by atoms with E-state index in [-0.39, 0.29) is 11.7 Å². The Morgan fingerprint density at radius 2 is 2.05 bits per heavy atom. The van der Waals surface area contributed by atoms with E-state index in [4.69, 9.17) is 11.6 Å². The van der Waals surface area contributed by atoms with E-state index in [0.717, 1.165) is 32.1 Å². The van der Waals surface area contributed by atoms with Gasteiger partial charge in [0.15, 0.2) is 0 Å². The van der Waals surface area contributed by atoms with Crippen molar-refractivity contribution in [3.63, 3.8) is 0 Å². The largest absolute Gasteiger partial charge is 0.391 e. The van der Waals surface area contributed by atoms with Crippen LogP contribution in [0, 0.1) is 10.1 Å². The van der Waals surface area contributed by atoms with E-state index in [0.29, 0.717) is 10.7 Å². The fourth-order valence-electron chi connectivity index (χ4n) is 2.45. The van der Waals surface area contributed by atoms with Gasteiger partial charge in [-0.15, -0.1) is 0 Å². The number of halogens is 1. The number of nitro groups is 1. The first-order valence-corrected chi connectivity index (χ1v) is 6.85. The molecule has 0 heterocycles. The summed E-state index contributed by atoms with van der Waals surface area (Å²) in [6.45, 7) is 0. The van der Waals surface area contributed by atoms with Gasteiger partial charge in [0.1, 0.15) is 5.69 Å². The minimum absolute atomic E-state index is 0.0519. The molecule has 1 aromatic rings. The van der Waals surface area contributed by atoms with E-state index >= 15 is 0 Å². The van der Waals surface area contributed by atoms with Crippen LogP contribution in [0.15, 0.2) is 18.2 Å². The maximum Gasteiger partial charge on any atom is 0.293 e. The van der Waals surface area contributed by atoms with Crippen molar-refractivity contribution in [3.05, 3.63) is 33.3 Å². The van der Waals surface area contributed by atoms with Crippen LogP contribution >= 0.6 is 11.6 Å². The van der Waals surface area contributed by atoms with Crippen LogP contribution in [0.25, 0.3) is 0 Å². The quantitative estimate of drug-likeness (QED) is 0.507. The van der Waals surface area contributed by atoms with Crippen molar-refractivity contribution >= 4 is 23.0 Å². The highest BCUT2D eigenvalue weighted by Gasteiger charge is 2.25. The van der Waals surface area contributed by atoms with Gasteiger partial charge in [-0.1, -0.05) is 36.9 Å². The van der Waals surface area contributed by atoms with Crippen LogP contribution in [0.4, 0.5) is 11.4 Å². The number of anilines is 1. The zero-order chi connectivity index (χ0) is 13.8. The summed E-state index contributed by atoms with van der Waals surface area (Å²) in [5, 5.41) is 24.4. The van der Waals surface area contributed by atoms with E-state index in [2.05, 4.69) is 5.32 Å². The molecule has 2 unspecified atom stereocenters. The van der Waals surface area contributed by atoms with Gasteiger partial charge >= 0.3 is 0 Å². The molecule has 1 fully saturated rings. The number of nitrogens with one attached hydrogen (secondary N) is 1. The Hall–Kier alpha value is -1.33. The first kappa shape index (κ1) is 14.1. The second-order valence-corrected chi connectivity index (χ2v) is 5.25. The molecule has 0 aromatic heterocycles. The van der Waals surface area contributed by atoms with E-state index in [1.54, 1.807) is 12.1 Å². The Morgan fingerprint density at radius 3 is 2.79 bits per heavy atom. The first-order chi connectivity index (χ1) is 9.09. The third-order valence-electron chi connectivity index (χ3n) is 3.50. The van der Waals surface area contributed by atoms with Gasteiger partial charge in [-0.2, -0.15) is 0 Å². The second-order valence-electron chi connectivity index (χ2n) is 4.85. The van der Waals surface area contributed by atoms with Crippen molar-refractivity contribution in [2.45, 2.75) is 44.2 Å². The van der Waals surface area contributed by atoms with Gasteiger partial charge in [0, 0.05) is 6.07 Å². The average Bonchev–Trinajstić information content (AvgIpc) is 2.57. The summed E-state index contributed by atoms with van der Waals surface area (Å²) in [5.41, 5.74) is 0.254. The molecule has 2 rings (SSSR count). The number of nitrogens with zero attached hydrogens (tertiary/aromatic N) is 1. The average molecular weight is 285 g/mol. The van der Waals surface area contributed by atoms with Gasteiger partial charge in [0.2, 0.25) is 0 Å². The number of hydrogen-bond donors (Lipinski definition) is 2. The summed E-state index contributed by atoms with van der Waals surface area (Å²) >= 11 is 6.03. The molecule has 2 atom stereocenters. The lowest BCUT2D eigenvalue weighted by molar-refractivity contribution is -0.384. The Labute approximate surface area is 116 Å². The Kier molecular flexibility index (Phi) is 4.61. The monoisotopic (exact) mass is 284 g/mol. The summed E-state index contributed by atoms with van der Waals surface area (Å²) < 4.78 is 0. The molecule has 0 bridgehead atoms. The molecule has 0 amide bonds. The minimum atomic E-state index is -0.488. The normalized spacial score (nSPS) is 23.7. The number of para-hydroxylation sites is 1. The highest BCUT2D eigenvalue weighted by Crippen LogP contribution is 2.34. The smallest absolute Gasteiger partial charge is 0.293 e. The summed E-state index contributed by atoms with van der Waals surface area (Å²) in [6, 6.07) is 4.40. The standard InChI is InChI=1S/C13H17ClN2O3/c14-9-5-4-7-11(16(18)19)13(9)15-10-6-2-1-3-8-12(10)17/h4-5,7,10,12,15,17H,1-3,6,8H2. The van der Waals surface area contributed by atoms with Gasteiger partial charge in [0.25, 0.3) is 5.69 Å². The van der Waals surface area contributed by atoms with Crippen molar-refractivity contribution < 1.29 is 10.0 Å². The van der Waals surface area contributed by atoms with Crippen molar-refractivity contribution in [2.75, 3.05) is 5.32 Å². The van der Waals surface area contributed by atoms with Gasteiger partial charge in [0.05, 0.1) is 22.1 Å². The van der Waals surface area contributed by atoms with Crippen LogP contribution in [-0.2, 0) is 0 Å². The number of nitro benzene ring substituents is 1. The van der Waals surface area contributed by atoms with Crippen LogP contribution in [0.2, 0.25) is 5.02 Å². The van der Waals surface area contributed by atoms with Crippen LogP contribution < -0.4 is 5.32 Å². The molecule has 104 valence electrons. The molecule has 19 heavy (non-hydrogen) atoms. The summed E-state index contributed by atoms with van der Waals surface area (Å²) in [5.74, 6) is 0. The summed E-state index contributed by atoms with van der Waals surface area (Å²) in [4.78, 5) is 10.5. The summed E-state index contributed by atoms with van der Waals surface area (Å²) in [6.07, 6.45) is 4.11. The van der Waals surface area contributed by atoms with E-state index in [1.807, 2.05) is 0 Å². The number of hydrogen-bond acceptors (Lipinski definition) is 4. The van der Waals surface area contributed by atoms with Crippen molar-refractivity contribution in [2.24, 2.45) is 0 Å². The van der Waals surface area contributed by atoms with Gasteiger partial charge in [-0.25, -0.2) is 0 Å². The van der Waals surface area contributed by atoms with E-state index in [9.17, 15) is 15.2 Å². The predicted octanol–water partition coefficient (Wildman–Crippen LogP) is 3.35. The second kappa shape index (κ2) is 6.21. The van der Waals surface area contributed by atoms with E-state index in [1.165, 1.54) is 6.07 Å². The molecule has 2 N–H and O–H groups in total. The zero-order valence-corrected chi connectivity index (χ0v) is 11.3. The maximum atomic E-state index is 11.0. The Bertz CT molecular complexity index is 467. The highest BCUT2D eigenvalue weighted by atomic mass is 35.5. The van der Waals surface area contributed by atoms with Gasteiger partial charge < -0.3 is 10.4 Å². The molecule has 0 saturated heterocycles. The highest BCUT2D eigenvalue weighted by molar-refractivity contribution is 6.33. The molecule has 0 radical (unpaired) electrons. The third-order valence-corrected chi connectivity index (χ3v) is 3.81. The lowest BCUT2D eigenvalue weighted by Crippen LogP contribution is -2.32. The van der Waals surface area contributed by atoms with E-state index < -0.39 is 11.0 Å². The number of benzene rings is 1. The topological polar surface area (TPSA) is 75.4 Å². The molecule has 0 spiro atoms. The van der Waals surface area contributed by atoms with Crippen molar-refractivity contribution in [1.29, 1.82) is 0 Å². The van der Waals surface area contributed by atoms with Crippen molar-refractivity contribution in [1.82, 2.24) is 0 Å². The van der Waals surface area contributed by atoms with Crippen molar-refractivity contribution in [3.8, 4) is 0 Å². The zero-order valence-electron chi connectivity index (χ0n) is 10.5. The molecular weight excluding hydrogens is 268 g/mol. The SMILES string of the molecule is O=[N+]([O-])c1cccc(Cl)c1NC1CCCCCC1O. The van der Waals surface area contributed by atoms with Crippen LogP contribution in [0.1, 0.15) is 32.1 Å². The molecule has 1 aromatic carbocycles. The Morgan fingerprint density at radius 1 is 1.32 bits per heavy atom. The fraction of sp³-hybridized carbons (Fsp3) is 0.538.